The maximum Gasteiger partial charge on any atom is 0.239 e. The molecule has 0 radical (unpaired) electrons. The number of hydrogen-bond donors (Lipinski definition) is 0. The first-order chi connectivity index (χ1) is 12.3. The van der Waals surface area contributed by atoms with Crippen molar-refractivity contribution < 1.29 is 9.15 Å². The van der Waals surface area contributed by atoms with Crippen LogP contribution in [-0.4, -0.2) is 18.6 Å². The highest BCUT2D eigenvalue weighted by atomic mass is 16.5. The predicted octanol–water partition coefficient (Wildman–Crippen LogP) is 4.31. The summed E-state index contributed by atoms with van der Waals surface area (Å²) in [7, 11) is 1.62. The molecule has 0 saturated carbocycles. The average Bonchev–Trinajstić information content (AvgIpc) is 3.12. The summed E-state index contributed by atoms with van der Waals surface area (Å²) in [5.74, 6) is 1.72. The zero-order valence-corrected chi connectivity index (χ0v) is 13.9. The summed E-state index contributed by atoms with van der Waals surface area (Å²) < 4.78 is 11.2. The second kappa shape index (κ2) is 6.33. The number of para-hydroxylation sites is 1. The highest BCUT2D eigenvalue weighted by molar-refractivity contribution is 5.69. The van der Waals surface area contributed by atoms with E-state index in [1.165, 1.54) is 5.56 Å². The van der Waals surface area contributed by atoms with E-state index in [2.05, 4.69) is 28.1 Å². The van der Waals surface area contributed by atoms with Gasteiger partial charge in [0.05, 0.1) is 7.11 Å². The number of aryl methyl sites for hydroxylation is 1. The van der Waals surface area contributed by atoms with Crippen molar-refractivity contribution in [2.75, 3.05) is 18.6 Å². The van der Waals surface area contributed by atoms with Crippen LogP contribution in [0, 0.1) is 11.3 Å². The number of nitrogens with zero attached hydrogens (tertiary/aromatic N) is 3. The number of hydrogen-bond acceptors (Lipinski definition) is 5. The van der Waals surface area contributed by atoms with E-state index in [0.717, 1.165) is 36.4 Å². The lowest BCUT2D eigenvalue weighted by atomic mass is 10.0. The van der Waals surface area contributed by atoms with Crippen LogP contribution in [0.3, 0.4) is 0 Å². The number of nitriles is 1. The Morgan fingerprint density at radius 3 is 2.72 bits per heavy atom. The molecular formula is C20H17N3O2. The fourth-order valence-corrected chi connectivity index (χ4v) is 3.17. The maximum atomic E-state index is 9.52. The molecule has 0 fully saturated rings. The molecule has 1 aromatic heterocycles. The van der Waals surface area contributed by atoms with Crippen molar-refractivity contribution in [3.8, 4) is 23.3 Å². The third-order valence-electron chi connectivity index (χ3n) is 4.41. The van der Waals surface area contributed by atoms with Gasteiger partial charge in [-0.3, -0.25) is 0 Å². The van der Waals surface area contributed by atoms with E-state index in [0.29, 0.717) is 17.5 Å². The Morgan fingerprint density at radius 2 is 1.96 bits per heavy atom. The second-order valence-electron chi connectivity index (χ2n) is 5.90. The Labute approximate surface area is 146 Å². The van der Waals surface area contributed by atoms with Gasteiger partial charge in [0.15, 0.2) is 0 Å². The fourth-order valence-electron chi connectivity index (χ4n) is 3.17. The van der Waals surface area contributed by atoms with E-state index in [1.54, 1.807) is 7.11 Å². The molecule has 1 aliphatic rings. The molecule has 3 aromatic rings. The molecule has 4 rings (SSSR count). The van der Waals surface area contributed by atoms with Gasteiger partial charge in [0, 0.05) is 17.8 Å². The van der Waals surface area contributed by atoms with Crippen LogP contribution in [0.4, 0.5) is 11.6 Å². The van der Waals surface area contributed by atoms with Crippen LogP contribution in [0.25, 0.3) is 11.5 Å². The SMILES string of the molecule is COc1ccc(-c2nc(C#N)c(N3CCCc4ccccc43)o2)cc1. The number of rotatable bonds is 3. The van der Waals surface area contributed by atoms with Gasteiger partial charge in [0.1, 0.15) is 11.8 Å². The van der Waals surface area contributed by atoms with E-state index in [1.807, 2.05) is 36.4 Å². The molecule has 0 aliphatic carbocycles. The van der Waals surface area contributed by atoms with Crippen LogP contribution >= 0.6 is 0 Å². The Morgan fingerprint density at radius 1 is 1.16 bits per heavy atom. The summed E-state index contributed by atoms with van der Waals surface area (Å²) in [6, 6.07) is 17.8. The molecule has 5 nitrogen and oxygen atoms in total. The topological polar surface area (TPSA) is 62.3 Å². The molecule has 0 spiro atoms. The zero-order valence-electron chi connectivity index (χ0n) is 13.9. The van der Waals surface area contributed by atoms with Gasteiger partial charge in [-0.1, -0.05) is 18.2 Å². The normalized spacial score (nSPS) is 13.2. The fraction of sp³-hybridized carbons (Fsp3) is 0.200. The van der Waals surface area contributed by atoms with Gasteiger partial charge < -0.3 is 14.1 Å². The molecular weight excluding hydrogens is 314 g/mol. The molecule has 2 aromatic carbocycles. The molecule has 124 valence electrons. The first-order valence-corrected chi connectivity index (χ1v) is 8.21. The molecule has 0 bridgehead atoms. The number of oxazole rings is 1. The van der Waals surface area contributed by atoms with Crippen LogP contribution in [0.1, 0.15) is 17.7 Å². The molecule has 2 heterocycles. The number of fused-ring (bicyclic) bond motifs is 1. The molecule has 1 aliphatic heterocycles. The molecule has 5 heteroatoms. The second-order valence-corrected chi connectivity index (χ2v) is 5.90. The lowest BCUT2D eigenvalue weighted by molar-refractivity contribution is 0.415. The third-order valence-corrected chi connectivity index (χ3v) is 4.41. The summed E-state index contributed by atoms with van der Waals surface area (Å²) in [4.78, 5) is 6.45. The van der Waals surface area contributed by atoms with E-state index in [-0.39, 0.29) is 0 Å². The monoisotopic (exact) mass is 331 g/mol. The minimum Gasteiger partial charge on any atom is -0.497 e. The van der Waals surface area contributed by atoms with Gasteiger partial charge in [0.25, 0.3) is 0 Å². The number of ether oxygens (including phenoxy) is 1. The van der Waals surface area contributed by atoms with Crippen molar-refractivity contribution in [3.05, 3.63) is 59.8 Å². The quantitative estimate of drug-likeness (QED) is 0.716. The predicted molar refractivity (Wildman–Crippen MR) is 95.0 cm³/mol. The van der Waals surface area contributed by atoms with Gasteiger partial charge >= 0.3 is 0 Å². The van der Waals surface area contributed by atoms with Crippen LogP contribution < -0.4 is 9.64 Å². The third kappa shape index (κ3) is 2.72. The largest absolute Gasteiger partial charge is 0.497 e. The zero-order chi connectivity index (χ0) is 17.2. The van der Waals surface area contributed by atoms with Gasteiger partial charge in [-0.15, -0.1) is 0 Å². The summed E-state index contributed by atoms with van der Waals surface area (Å²) in [6.07, 6.45) is 2.05. The summed E-state index contributed by atoms with van der Waals surface area (Å²) in [5, 5.41) is 9.52. The van der Waals surface area contributed by atoms with Gasteiger partial charge in [0.2, 0.25) is 17.5 Å². The summed E-state index contributed by atoms with van der Waals surface area (Å²) in [6.45, 7) is 0.808. The van der Waals surface area contributed by atoms with E-state index < -0.39 is 0 Å². The maximum absolute atomic E-state index is 9.52. The minimum atomic E-state index is 0.308. The highest BCUT2D eigenvalue weighted by Crippen LogP contribution is 2.37. The van der Waals surface area contributed by atoms with Crippen molar-refractivity contribution in [3.63, 3.8) is 0 Å². The van der Waals surface area contributed by atoms with Crippen molar-refractivity contribution in [2.24, 2.45) is 0 Å². The van der Waals surface area contributed by atoms with Crippen molar-refractivity contribution in [1.29, 1.82) is 5.26 Å². The van der Waals surface area contributed by atoms with E-state index in [9.17, 15) is 5.26 Å². The molecule has 0 unspecified atom stereocenters. The van der Waals surface area contributed by atoms with Crippen LogP contribution in [0.15, 0.2) is 52.9 Å². The molecule has 0 N–H and O–H groups in total. The molecule has 0 atom stereocenters. The lowest BCUT2D eigenvalue weighted by Crippen LogP contribution is -2.24. The summed E-state index contributed by atoms with van der Waals surface area (Å²) >= 11 is 0. The van der Waals surface area contributed by atoms with Gasteiger partial charge in [-0.2, -0.15) is 10.2 Å². The Kier molecular flexibility index (Phi) is 3.87. The van der Waals surface area contributed by atoms with Crippen molar-refractivity contribution in [2.45, 2.75) is 12.8 Å². The standard InChI is InChI=1S/C20H17N3O2/c1-24-16-10-8-15(9-11-16)19-22-17(13-21)20(25-19)23-12-4-6-14-5-2-3-7-18(14)23/h2-3,5,7-11H,4,6,12H2,1H3. The number of methoxy groups -OCH3 is 1. The van der Waals surface area contributed by atoms with Crippen molar-refractivity contribution >= 4 is 11.6 Å². The van der Waals surface area contributed by atoms with Crippen molar-refractivity contribution in [1.82, 2.24) is 4.98 Å². The Balaban J connectivity index is 1.76. The first-order valence-electron chi connectivity index (χ1n) is 8.21. The number of aromatic nitrogens is 1. The Bertz CT molecular complexity index is 938. The van der Waals surface area contributed by atoms with Crippen LogP contribution in [0.5, 0.6) is 5.75 Å². The number of benzene rings is 2. The highest BCUT2D eigenvalue weighted by Gasteiger charge is 2.25. The van der Waals surface area contributed by atoms with Gasteiger partial charge in [-0.25, -0.2) is 0 Å². The molecule has 0 amide bonds. The lowest BCUT2D eigenvalue weighted by Gasteiger charge is -2.28. The number of anilines is 2. The van der Waals surface area contributed by atoms with E-state index in [4.69, 9.17) is 9.15 Å². The first kappa shape index (κ1) is 15.3. The van der Waals surface area contributed by atoms with E-state index >= 15 is 0 Å². The smallest absolute Gasteiger partial charge is 0.239 e. The Hall–Kier alpha value is -3.26. The van der Waals surface area contributed by atoms with Crippen LogP contribution in [0.2, 0.25) is 0 Å². The molecule has 25 heavy (non-hydrogen) atoms. The molecule has 0 saturated heterocycles. The summed E-state index contributed by atoms with van der Waals surface area (Å²) in [5.41, 5.74) is 3.47. The minimum absolute atomic E-state index is 0.308. The average molecular weight is 331 g/mol. The van der Waals surface area contributed by atoms with Gasteiger partial charge in [-0.05, 0) is 48.7 Å². The van der Waals surface area contributed by atoms with Crippen LogP contribution in [-0.2, 0) is 6.42 Å².